The van der Waals surface area contributed by atoms with Gasteiger partial charge in [-0.15, -0.1) is 0 Å². The van der Waals surface area contributed by atoms with E-state index in [1.165, 1.54) is 0 Å². The van der Waals surface area contributed by atoms with E-state index in [2.05, 4.69) is 47.1 Å². The normalized spacial score (nSPS) is 11.1. The molecule has 3 aromatic rings. The lowest BCUT2D eigenvalue weighted by atomic mass is 10.2. The number of methoxy groups -OCH3 is 1. The number of ether oxygens (including phenoxy) is 1. The topological polar surface area (TPSA) is 38.5 Å². The standard InChI is InChI=1S/C21H22ClN3O/c1-15-12-18(14-24-23-13-17-6-4-5-7-21(17)22)16(2)25(15)19-8-10-20(26-3)11-9-19/h4-12,14,23H,13H2,1-3H3/b24-14-. The molecule has 0 aliphatic carbocycles. The Morgan fingerprint density at radius 3 is 2.54 bits per heavy atom. The highest BCUT2D eigenvalue weighted by molar-refractivity contribution is 6.31. The summed E-state index contributed by atoms with van der Waals surface area (Å²) in [5.41, 5.74) is 8.55. The van der Waals surface area contributed by atoms with Gasteiger partial charge in [-0.05, 0) is 55.8 Å². The van der Waals surface area contributed by atoms with Crippen LogP contribution in [0.15, 0.2) is 59.7 Å². The van der Waals surface area contributed by atoms with Gasteiger partial charge in [-0.1, -0.05) is 29.8 Å². The molecule has 0 atom stereocenters. The molecule has 0 bridgehead atoms. The first-order valence-corrected chi connectivity index (χ1v) is 8.80. The summed E-state index contributed by atoms with van der Waals surface area (Å²) in [6.07, 6.45) is 1.85. The van der Waals surface area contributed by atoms with Crippen LogP contribution < -0.4 is 10.2 Å². The average Bonchev–Trinajstić information content (AvgIpc) is 2.94. The summed E-state index contributed by atoms with van der Waals surface area (Å²) in [7, 11) is 1.67. The van der Waals surface area contributed by atoms with Gasteiger partial charge in [-0.3, -0.25) is 0 Å². The molecule has 5 heteroatoms. The van der Waals surface area contributed by atoms with Crippen LogP contribution in [0.3, 0.4) is 0 Å². The summed E-state index contributed by atoms with van der Waals surface area (Å²) in [5.74, 6) is 0.849. The highest BCUT2D eigenvalue weighted by Gasteiger charge is 2.09. The Balaban J connectivity index is 1.74. The van der Waals surface area contributed by atoms with E-state index in [-0.39, 0.29) is 0 Å². The van der Waals surface area contributed by atoms with Gasteiger partial charge in [0, 0.05) is 27.7 Å². The van der Waals surface area contributed by atoms with Crippen LogP contribution in [0.2, 0.25) is 5.02 Å². The van der Waals surface area contributed by atoms with Gasteiger partial charge in [0.1, 0.15) is 5.75 Å². The SMILES string of the molecule is COc1ccc(-n2c(C)cc(/C=N\NCc3ccccc3Cl)c2C)cc1. The number of rotatable bonds is 6. The number of hydrazone groups is 1. The minimum Gasteiger partial charge on any atom is -0.497 e. The van der Waals surface area contributed by atoms with Crippen molar-refractivity contribution in [3.05, 3.63) is 82.1 Å². The van der Waals surface area contributed by atoms with Crippen molar-refractivity contribution < 1.29 is 4.74 Å². The van der Waals surface area contributed by atoms with E-state index in [0.717, 1.165) is 39.0 Å². The van der Waals surface area contributed by atoms with E-state index in [4.69, 9.17) is 16.3 Å². The largest absolute Gasteiger partial charge is 0.497 e. The first-order chi connectivity index (χ1) is 12.6. The fourth-order valence-corrected chi connectivity index (χ4v) is 3.14. The molecular weight excluding hydrogens is 346 g/mol. The first-order valence-electron chi connectivity index (χ1n) is 8.43. The predicted molar refractivity (Wildman–Crippen MR) is 108 cm³/mol. The lowest BCUT2D eigenvalue weighted by molar-refractivity contribution is 0.414. The molecule has 0 aliphatic heterocycles. The van der Waals surface area contributed by atoms with Crippen molar-refractivity contribution in [3.63, 3.8) is 0 Å². The van der Waals surface area contributed by atoms with Crippen LogP contribution in [0.25, 0.3) is 5.69 Å². The molecule has 1 aromatic heterocycles. The second kappa shape index (κ2) is 8.11. The van der Waals surface area contributed by atoms with E-state index in [1.54, 1.807) is 7.11 Å². The summed E-state index contributed by atoms with van der Waals surface area (Å²) in [4.78, 5) is 0. The van der Waals surface area contributed by atoms with Crippen LogP contribution in [0.1, 0.15) is 22.5 Å². The Morgan fingerprint density at radius 1 is 1.12 bits per heavy atom. The van der Waals surface area contributed by atoms with Crippen LogP contribution in [0.5, 0.6) is 5.75 Å². The second-order valence-corrected chi connectivity index (χ2v) is 6.45. The Bertz CT molecular complexity index is 914. The number of nitrogens with zero attached hydrogens (tertiary/aromatic N) is 2. The fraction of sp³-hybridized carbons (Fsp3) is 0.190. The second-order valence-electron chi connectivity index (χ2n) is 6.04. The number of aromatic nitrogens is 1. The highest BCUT2D eigenvalue weighted by atomic mass is 35.5. The number of hydrogen-bond acceptors (Lipinski definition) is 3. The number of halogens is 1. The van der Waals surface area contributed by atoms with E-state index in [1.807, 2.05) is 42.6 Å². The van der Waals surface area contributed by atoms with E-state index in [0.29, 0.717) is 6.54 Å². The summed E-state index contributed by atoms with van der Waals surface area (Å²) in [5, 5.41) is 5.09. The minimum atomic E-state index is 0.591. The molecule has 0 spiro atoms. The third-order valence-electron chi connectivity index (χ3n) is 4.32. The van der Waals surface area contributed by atoms with E-state index >= 15 is 0 Å². The van der Waals surface area contributed by atoms with Crippen molar-refractivity contribution in [1.29, 1.82) is 0 Å². The maximum absolute atomic E-state index is 6.15. The highest BCUT2D eigenvalue weighted by Crippen LogP contribution is 2.22. The smallest absolute Gasteiger partial charge is 0.119 e. The van der Waals surface area contributed by atoms with Gasteiger partial charge in [-0.25, -0.2) is 0 Å². The zero-order valence-electron chi connectivity index (χ0n) is 15.2. The van der Waals surface area contributed by atoms with Crippen LogP contribution in [-0.4, -0.2) is 17.9 Å². The minimum absolute atomic E-state index is 0.591. The van der Waals surface area contributed by atoms with Crippen molar-refractivity contribution in [2.24, 2.45) is 5.10 Å². The van der Waals surface area contributed by atoms with E-state index in [9.17, 15) is 0 Å². The quantitative estimate of drug-likeness (QED) is 0.498. The molecule has 1 heterocycles. The molecule has 0 fully saturated rings. The Kier molecular flexibility index (Phi) is 5.64. The summed E-state index contributed by atoms with van der Waals surface area (Å²) >= 11 is 6.15. The summed E-state index contributed by atoms with van der Waals surface area (Å²) in [6, 6.07) is 17.9. The molecule has 134 valence electrons. The van der Waals surface area contributed by atoms with Gasteiger partial charge in [0.2, 0.25) is 0 Å². The Hall–Kier alpha value is -2.72. The van der Waals surface area contributed by atoms with Crippen LogP contribution >= 0.6 is 11.6 Å². The van der Waals surface area contributed by atoms with Crippen molar-refractivity contribution in [2.45, 2.75) is 20.4 Å². The first kappa shape index (κ1) is 18.1. The third kappa shape index (κ3) is 3.92. The maximum Gasteiger partial charge on any atom is 0.119 e. The zero-order chi connectivity index (χ0) is 18.5. The van der Waals surface area contributed by atoms with Gasteiger partial charge in [0.15, 0.2) is 0 Å². The Morgan fingerprint density at radius 2 is 1.85 bits per heavy atom. The molecule has 0 amide bonds. The van der Waals surface area contributed by atoms with Crippen LogP contribution in [0.4, 0.5) is 0 Å². The van der Waals surface area contributed by atoms with Gasteiger partial charge >= 0.3 is 0 Å². The molecule has 0 unspecified atom stereocenters. The number of aryl methyl sites for hydroxylation is 1. The molecule has 3 rings (SSSR count). The fourth-order valence-electron chi connectivity index (χ4n) is 2.93. The van der Waals surface area contributed by atoms with E-state index < -0.39 is 0 Å². The lowest BCUT2D eigenvalue weighted by Crippen LogP contribution is -2.06. The molecule has 2 aromatic carbocycles. The molecular formula is C21H22ClN3O. The number of benzene rings is 2. The van der Waals surface area contributed by atoms with Crippen molar-refractivity contribution >= 4 is 17.8 Å². The molecule has 26 heavy (non-hydrogen) atoms. The molecule has 0 aliphatic rings. The summed E-state index contributed by atoms with van der Waals surface area (Å²) < 4.78 is 7.44. The van der Waals surface area contributed by atoms with Gasteiger partial charge in [0.25, 0.3) is 0 Å². The average molecular weight is 368 g/mol. The van der Waals surface area contributed by atoms with Crippen LogP contribution in [0, 0.1) is 13.8 Å². The predicted octanol–water partition coefficient (Wildman–Crippen LogP) is 4.88. The van der Waals surface area contributed by atoms with Gasteiger partial charge in [-0.2, -0.15) is 5.10 Å². The maximum atomic E-state index is 6.15. The third-order valence-corrected chi connectivity index (χ3v) is 4.69. The molecule has 0 radical (unpaired) electrons. The van der Waals surface area contributed by atoms with Crippen molar-refractivity contribution in [3.8, 4) is 11.4 Å². The number of nitrogens with one attached hydrogen (secondary N) is 1. The van der Waals surface area contributed by atoms with Crippen molar-refractivity contribution in [2.75, 3.05) is 7.11 Å². The molecule has 0 saturated carbocycles. The molecule has 0 saturated heterocycles. The van der Waals surface area contributed by atoms with Crippen molar-refractivity contribution in [1.82, 2.24) is 9.99 Å². The number of hydrogen-bond donors (Lipinski definition) is 1. The lowest BCUT2D eigenvalue weighted by Gasteiger charge is -2.10. The monoisotopic (exact) mass is 367 g/mol. The van der Waals surface area contributed by atoms with Crippen LogP contribution in [-0.2, 0) is 6.54 Å². The Labute approximate surface area is 159 Å². The molecule has 1 N–H and O–H groups in total. The van der Waals surface area contributed by atoms with Gasteiger partial charge < -0.3 is 14.7 Å². The zero-order valence-corrected chi connectivity index (χ0v) is 15.9. The summed E-state index contributed by atoms with van der Waals surface area (Å²) in [6.45, 7) is 4.77. The molecule has 4 nitrogen and oxygen atoms in total. The van der Waals surface area contributed by atoms with Gasteiger partial charge in [0.05, 0.1) is 19.9 Å².